The second-order valence-corrected chi connectivity index (χ2v) is 8.52. The van der Waals surface area contributed by atoms with Gasteiger partial charge in [-0.05, 0) is 37.0 Å². The van der Waals surface area contributed by atoms with Gasteiger partial charge < -0.3 is 25.0 Å². The molecule has 180 valence electrons. The van der Waals surface area contributed by atoms with Crippen LogP contribution in [0.15, 0.2) is 29.3 Å². The van der Waals surface area contributed by atoms with E-state index in [1.807, 2.05) is 23.1 Å². The number of nitrogens with one attached hydrogen (secondary N) is 2. The van der Waals surface area contributed by atoms with Crippen molar-refractivity contribution in [3.8, 4) is 5.75 Å². The Hall–Kier alpha value is -1.55. The van der Waals surface area contributed by atoms with Crippen LogP contribution in [0.3, 0.4) is 0 Å². The number of benzene rings is 1. The van der Waals surface area contributed by atoms with Crippen molar-refractivity contribution in [3.05, 3.63) is 29.8 Å². The molecule has 7 nitrogen and oxygen atoms in total. The summed E-state index contributed by atoms with van der Waals surface area (Å²) in [6, 6.07) is 8.34. The fraction of sp³-hybridized carbons (Fsp3) is 0.667. The minimum absolute atomic E-state index is 0. The van der Waals surface area contributed by atoms with Crippen molar-refractivity contribution >= 4 is 35.8 Å². The van der Waals surface area contributed by atoms with Gasteiger partial charge in [-0.15, -0.1) is 24.0 Å². The van der Waals surface area contributed by atoms with E-state index in [0.717, 1.165) is 56.0 Å². The van der Waals surface area contributed by atoms with Crippen LogP contribution in [0.1, 0.15) is 50.5 Å². The first kappa shape index (κ1) is 26.7. The van der Waals surface area contributed by atoms with Crippen LogP contribution in [0.2, 0.25) is 0 Å². The van der Waals surface area contributed by atoms with Crippen LogP contribution in [-0.4, -0.2) is 63.3 Å². The van der Waals surface area contributed by atoms with Gasteiger partial charge in [0.25, 0.3) is 0 Å². The highest BCUT2D eigenvalue weighted by Crippen LogP contribution is 2.26. The summed E-state index contributed by atoms with van der Waals surface area (Å²) >= 11 is 0. The molecule has 0 spiro atoms. The number of amides is 1. The number of nitrogens with zero attached hydrogens (tertiary/aromatic N) is 2. The van der Waals surface area contributed by atoms with Gasteiger partial charge in [-0.25, -0.2) is 0 Å². The average molecular weight is 559 g/mol. The van der Waals surface area contributed by atoms with Crippen molar-refractivity contribution in [2.24, 2.45) is 10.9 Å². The Bertz CT molecular complexity index is 725. The van der Waals surface area contributed by atoms with E-state index in [4.69, 9.17) is 9.47 Å². The highest BCUT2D eigenvalue weighted by molar-refractivity contribution is 14.0. The molecule has 32 heavy (non-hydrogen) atoms. The molecule has 1 aromatic rings. The molecule has 0 radical (unpaired) electrons. The zero-order chi connectivity index (χ0) is 21.9. The number of hydrogen-bond acceptors (Lipinski definition) is 4. The molecule has 0 aromatic heterocycles. The summed E-state index contributed by atoms with van der Waals surface area (Å²) in [7, 11) is 3.48. The average Bonchev–Trinajstić information content (AvgIpc) is 3.28. The van der Waals surface area contributed by atoms with Crippen LogP contribution in [0.25, 0.3) is 0 Å². The number of hydrogen-bond donors (Lipinski definition) is 2. The van der Waals surface area contributed by atoms with Gasteiger partial charge in [0, 0.05) is 58.8 Å². The number of guanidine groups is 1. The minimum atomic E-state index is 0. The van der Waals surface area contributed by atoms with Crippen LogP contribution in [0.4, 0.5) is 0 Å². The van der Waals surface area contributed by atoms with Gasteiger partial charge in [0.1, 0.15) is 5.75 Å². The molecule has 1 saturated heterocycles. The summed E-state index contributed by atoms with van der Waals surface area (Å²) in [5.74, 6) is 2.23. The first-order chi connectivity index (χ1) is 15.2. The van der Waals surface area contributed by atoms with E-state index in [1.165, 1.54) is 19.3 Å². The Balaban J connectivity index is 0.00000363. The van der Waals surface area contributed by atoms with E-state index in [0.29, 0.717) is 25.7 Å². The molecule has 0 bridgehead atoms. The third kappa shape index (κ3) is 8.42. The highest BCUT2D eigenvalue weighted by atomic mass is 127. The van der Waals surface area contributed by atoms with Crippen molar-refractivity contribution in [3.63, 3.8) is 0 Å². The van der Waals surface area contributed by atoms with Gasteiger partial charge >= 0.3 is 0 Å². The summed E-state index contributed by atoms with van der Waals surface area (Å²) in [4.78, 5) is 19.2. The van der Waals surface area contributed by atoms with Crippen LogP contribution < -0.4 is 15.4 Å². The third-order valence-electron chi connectivity index (χ3n) is 6.14. The molecule has 1 unspecified atom stereocenters. The van der Waals surface area contributed by atoms with Crippen molar-refractivity contribution in [1.29, 1.82) is 0 Å². The number of rotatable bonds is 9. The fourth-order valence-electron chi connectivity index (χ4n) is 4.40. The topological polar surface area (TPSA) is 75.2 Å². The molecule has 1 aliphatic heterocycles. The summed E-state index contributed by atoms with van der Waals surface area (Å²) in [6.07, 6.45) is 7.63. The lowest BCUT2D eigenvalue weighted by molar-refractivity contribution is -0.135. The standard InChI is InChI=1S/C24H38N4O3.HI/c1-25-24(26-17-19-8-6-11-22(16-19)31-15-7-14-30-2)27-21-12-13-28(18-21)23(29)20-9-4-3-5-10-20;/h6,8,11,16,20-21H,3-5,7,9-10,12-15,17-18H2,1-2H3,(H2,25,26,27);1H. The molecular formula is C24H39IN4O3. The summed E-state index contributed by atoms with van der Waals surface area (Å²) < 4.78 is 10.8. The van der Waals surface area contributed by atoms with Gasteiger partial charge in [0.05, 0.1) is 6.61 Å². The maximum atomic E-state index is 12.8. The molecule has 1 amide bonds. The zero-order valence-corrected chi connectivity index (χ0v) is 21.8. The number of halogens is 1. The van der Waals surface area contributed by atoms with Crippen molar-refractivity contribution < 1.29 is 14.3 Å². The van der Waals surface area contributed by atoms with Crippen molar-refractivity contribution in [2.45, 2.75) is 57.5 Å². The third-order valence-corrected chi connectivity index (χ3v) is 6.14. The van der Waals surface area contributed by atoms with Crippen LogP contribution in [0, 0.1) is 5.92 Å². The van der Waals surface area contributed by atoms with E-state index in [9.17, 15) is 4.79 Å². The fourth-order valence-corrected chi connectivity index (χ4v) is 4.40. The molecule has 1 aliphatic carbocycles. The molecule has 2 fully saturated rings. The lowest BCUT2D eigenvalue weighted by Crippen LogP contribution is -2.45. The predicted molar refractivity (Wildman–Crippen MR) is 139 cm³/mol. The number of carbonyl (C=O) groups excluding carboxylic acids is 1. The zero-order valence-electron chi connectivity index (χ0n) is 19.5. The monoisotopic (exact) mass is 558 g/mol. The molecule has 1 aromatic carbocycles. The first-order valence-corrected chi connectivity index (χ1v) is 11.7. The van der Waals surface area contributed by atoms with Gasteiger partial charge in [-0.3, -0.25) is 9.79 Å². The van der Waals surface area contributed by atoms with Crippen LogP contribution in [-0.2, 0) is 16.1 Å². The smallest absolute Gasteiger partial charge is 0.225 e. The Labute approximate surface area is 209 Å². The second kappa shape index (κ2) is 14.6. The van der Waals surface area contributed by atoms with Crippen molar-refractivity contribution in [2.75, 3.05) is 40.5 Å². The largest absolute Gasteiger partial charge is 0.493 e. The van der Waals surface area contributed by atoms with E-state index < -0.39 is 0 Å². The number of carbonyl (C=O) groups is 1. The number of ether oxygens (including phenoxy) is 2. The van der Waals surface area contributed by atoms with Crippen molar-refractivity contribution in [1.82, 2.24) is 15.5 Å². The Morgan fingerprint density at radius 2 is 2.00 bits per heavy atom. The molecule has 8 heteroatoms. The van der Waals surface area contributed by atoms with Crippen LogP contribution in [0.5, 0.6) is 5.75 Å². The minimum Gasteiger partial charge on any atom is -0.493 e. The number of aliphatic imine (C=N–C) groups is 1. The molecule has 1 heterocycles. The predicted octanol–water partition coefficient (Wildman–Crippen LogP) is 3.57. The lowest BCUT2D eigenvalue weighted by Gasteiger charge is -2.26. The molecule has 1 saturated carbocycles. The second-order valence-electron chi connectivity index (χ2n) is 8.52. The highest BCUT2D eigenvalue weighted by Gasteiger charge is 2.31. The van der Waals surface area contributed by atoms with E-state index in [-0.39, 0.29) is 35.9 Å². The summed E-state index contributed by atoms with van der Waals surface area (Å²) in [6.45, 7) is 3.61. The normalized spacial score (nSPS) is 19.4. The SMILES string of the molecule is CN=C(NCc1cccc(OCCCOC)c1)NC1CCN(C(=O)C2CCCCC2)C1.I. The molecule has 2 N–H and O–H groups in total. The van der Waals surface area contributed by atoms with E-state index in [1.54, 1.807) is 14.2 Å². The summed E-state index contributed by atoms with van der Waals surface area (Å²) in [5.41, 5.74) is 1.13. The molecule has 3 rings (SSSR count). The molecule has 2 aliphatic rings. The van der Waals surface area contributed by atoms with Gasteiger partial charge in [0.2, 0.25) is 5.91 Å². The first-order valence-electron chi connectivity index (χ1n) is 11.7. The number of methoxy groups -OCH3 is 1. The maximum Gasteiger partial charge on any atom is 0.225 e. The maximum absolute atomic E-state index is 12.8. The summed E-state index contributed by atoms with van der Waals surface area (Å²) in [5, 5.41) is 6.87. The van der Waals surface area contributed by atoms with E-state index in [2.05, 4.69) is 21.7 Å². The number of likely N-dealkylation sites (tertiary alicyclic amines) is 1. The Kier molecular flexibility index (Phi) is 12.2. The molecule has 1 atom stereocenters. The van der Waals surface area contributed by atoms with Gasteiger partial charge in [-0.2, -0.15) is 0 Å². The Morgan fingerprint density at radius 1 is 1.19 bits per heavy atom. The quantitative estimate of drug-likeness (QED) is 0.210. The van der Waals surface area contributed by atoms with Gasteiger partial charge in [0.15, 0.2) is 5.96 Å². The lowest BCUT2D eigenvalue weighted by atomic mass is 9.88. The Morgan fingerprint density at radius 3 is 2.75 bits per heavy atom. The van der Waals surface area contributed by atoms with Crippen LogP contribution >= 0.6 is 24.0 Å². The molecular weight excluding hydrogens is 519 g/mol. The van der Waals surface area contributed by atoms with E-state index >= 15 is 0 Å². The van der Waals surface area contributed by atoms with Gasteiger partial charge in [-0.1, -0.05) is 31.4 Å².